The van der Waals surface area contributed by atoms with Gasteiger partial charge in [-0.05, 0) is 24.0 Å². The highest BCUT2D eigenvalue weighted by Gasteiger charge is 2.19. The second kappa shape index (κ2) is 6.62. The van der Waals surface area contributed by atoms with Gasteiger partial charge in [-0.25, -0.2) is 0 Å². The van der Waals surface area contributed by atoms with Crippen LogP contribution in [0.15, 0.2) is 18.2 Å². The van der Waals surface area contributed by atoms with Gasteiger partial charge in [0.15, 0.2) is 0 Å². The molecule has 1 aliphatic heterocycles. The summed E-state index contributed by atoms with van der Waals surface area (Å²) in [7, 11) is 0. The van der Waals surface area contributed by atoms with E-state index in [0.717, 1.165) is 18.8 Å². The number of hydrogen-bond donors (Lipinski definition) is 1. The second-order valence-electron chi connectivity index (χ2n) is 7.16. The minimum Gasteiger partial charge on any atom is -0.493 e. The molecule has 1 fully saturated rings. The van der Waals surface area contributed by atoms with Crippen LogP contribution < -0.4 is 9.64 Å². The van der Waals surface area contributed by atoms with E-state index in [1.807, 2.05) is 0 Å². The molecule has 2 rings (SSSR count). The Morgan fingerprint density at radius 3 is 2.50 bits per heavy atom. The molecule has 20 heavy (non-hydrogen) atoms. The van der Waals surface area contributed by atoms with Gasteiger partial charge < -0.3 is 9.64 Å². The highest BCUT2D eigenvalue weighted by atomic mass is 16.5. The molecular weight excluding hydrogens is 246 g/mol. The molecule has 0 spiro atoms. The molecule has 1 aliphatic rings. The average Bonchev–Trinajstić information content (AvgIpc) is 2.88. The van der Waals surface area contributed by atoms with Crippen LogP contribution in [0.2, 0.25) is 0 Å². The Balaban J connectivity index is 1.88. The van der Waals surface area contributed by atoms with Crippen molar-refractivity contribution in [2.45, 2.75) is 52.4 Å². The summed E-state index contributed by atoms with van der Waals surface area (Å²) in [6, 6.07) is 6.55. The van der Waals surface area contributed by atoms with E-state index in [9.17, 15) is 0 Å². The SMILES string of the molecule is Cc1ccc(OCCC[NH+]2CCCC2)c(C(C)(C)C)c1. The van der Waals surface area contributed by atoms with Gasteiger partial charge in [0.1, 0.15) is 5.75 Å². The van der Waals surface area contributed by atoms with Crippen LogP contribution in [-0.2, 0) is 5.41 Å². The summed E-state index contributed by atoms with van der Waals surface area (Å²) >= 11 is 0. The smallest absolute Gasteiger partial charge is 0.123 e. The van der Waals surface area contributed by atoms with Crippen molar-refractivity contribution in [2.24, 2.45) is 0 Å². The summed E-state index contributed by atoms with van der Waals surface area (Å²) in [6.07, 6.45) is 3.97. The van der Waals surface area contributed by atoms with Gasteiger partial charge in [0, 0.05) is 19.3 Å². The number of ether oxygens (including phenoxy) is 1. The Kier molecular flexibility index (Phi) is 5.09. The molecule has 0 saturated carbocycles. The lowest BCUT2D eigenvalue weighted by molar-refractivity contribution is -0.887. The molecule has 1 heterocycles. The molecular formula is C18H30NO+. The standard InChI is InChI=1S/C18H29NO/c1-15-8-9-17(16(14-15)18(2,3)4)20-13-7-12-19-10-5-6-11-19/h8-9,14H,5-7,10-13H2,1-4H3/p+1. The summed E-state index contributed by atoms with van der Waals surface area (Å²) in [4.78, 5) is 1.76. The first-order valence-corrected chi connectivity index (χ1v) is 8.04. The molecule has 0 aromatic heterocycles. The first-order valence-electron chi connectivity index (χ1n) is 8.04. The number of nitrogens with one attached hydrogen (secondary N) is 1. The molecule has 0 bridgehead atoms. The van der Waals surface area contributed by atoms with Crippen molar-refractivity contribution in [3.8, 4) is 5.75 Å². The van der Waals surface area contributed by atoms with Gasteiger partial charge >= 0.3 is 0 Å². The number of likely N-dealkylation sites (tertiary alicyclic amines) is 1. The van der Waals surface area contributed by atoms with Crippen molar-refractivity contribution in [1.29, 1.82) is 0 Å². The van der Waals surface area contributed by atoms with E-state index in [4.69, 9.17) is 4.74 Å². The van der Waals surface area contributed by atoms with Crippen LogP contribution in [0, 0.1) is 6.92 Å². The van der Waals surface area contributed by atoms with Crippen molar-refractivity contribution in [1.82, 2.24) is 0 Å². The van der Waals surface area contributed by atoms with Gasteiger partial charge in [-0.15, -0.1) is 0 Å². The lowest BCUT2D eigenvalue weighted by atomic mass is 9.85. The topological polar surface area (TPSA) is 13.7 Å². The number of hydrogen-bond acceptors (Lipinski definition) is 1. The third kappa shape index (κ3) is 4.24. The molecule has 2 heteroatoms. The van der Waals surface area contributed by atoms with E-state index in [2.05, 4.69) is 45.9 Å². The first-order chi connectivity index (χ1) is 9.47. The normalized spacial score (nSPS) is 16.6. The summed E-state index contributed by atoms with van der Waals surface area (Å²) in [5.41, 5.74) is 2.77. The minimum absolute atomic E-state index is 0.140. The lowest BCUT2D eigenvalue weighted by Gasteiger charge is -2.23. The fraction of sp³-hybridized carbons (Fsp3) is 0.667. The third-order valence-electron chi connectivity index (χ3n) is 4.19. The van der Waals surface area contributed by atoms with Crippen molar-refractivity contribution in [3.63, 3.8) is 0 Å². The summed E-state index contributed by atoms with van der Waals surface area (Å²) in [5, 5.41) is 0. The van der Waals surface area contributed by atoms with Crippen LogP contribution in [-0.4, -0.2) is 26.2 Å². The summed E-state index contributed by atoms with van der Waals surface area (Å²) in [5.74, 6) is 1.07. The third-order valence-corrected chi connectivity index (χ3v) is 4.19. The number of quaternary nitrogens is 1. The van der Waals surface area contributed by atoms with E-state index in [-0.39, 0.29) is 5.41 Å². The fourth-order valence-electron chi connectivity index (χ4n) is 2.99. The molecule has 1 saturated heterocycles. The fourth-order valence-corrected chi connectivity index (χ4v) is 2.99. The van der Waals surface area contributed by atoms with Gasteiger partial charge in [0.2, 0.25) is 0 Å². The number of benzene rings is 1. The molecule has 0 unspecified atom stereocenters. The van der Waals surface area contributed by atoms with Crippen LogP contribution in [0.4, 0.5) is 0 Å². The van der Waals surface area contributed by atoms with Crippen LogP contribution >= 0.6 is 0 Å². The van der Waals surface area contributed by atoms with Crippen LogP contribution in [0.5, 0.6) is 5.75 Å². The maximum absolute atomic E-state index is 6.07. The second-order valence-corrected chi connectivity index (χ2v) is 7.16. The summed E-state index contributed by atoms with van der Waals surface area (Å²) < 4.78 is 6.07. The van der Waals surface area contributed by atoms with Gasteiger partial charge in [-0.3, -0.25) is 0 Å². The van der Waals surface area contributed by atoms with Crippen LogP contribution in [0.25, 0.3) is 0 Å². The first kappa shape index (κ1) is 15.4. The Morgan fingerprint density at radius 1 is 1.15 bits per heavy atom. The van der Waals surface area contributed by atoms with Gasteiger partial charge in [-0.1, -0.05) is 38.5 Å². The zero-order valence-corrected chi connectivity index (χ0v) is 13.6. The van der Waals surface area contributed by atoms with E-state index in [0.29, 0.717) is 0 Å². The maximum atomic E-state index is 6.07. The molecule has 0 radical (unpaired) electrons. The molecule has 1 aromatic rings. The van der Waals surface area contributed by atoms with Crippen molar-refractivity contribution in [2.75, 3.05) is 26.2 Å². The molecule has 1 N–H and O–H groups in total. The van der Waals surface area contributed by atoms with Gasteiger partial charge in [0.25, 0.3) is 0 Å². The number of aryl methyl sites for hydroxylation is 1. The lowest BCUT2D eigenvalue weighted by Crippen LogP contribution is -3.10. The van der Waals surface area contributed by atoms with Gasteiger partial charge in [0.05, 0.1) is 26.2 Å². The molecule has 0 amide bonds. The van der Waals surface area contributed by atoms with Gasteiger partial charge in [-0.2, -0.15) is 0 Å². The van der Waals surface area contributed by atoms with Crippen molar-refractivity contribution < 1.29 is 9.64 Å². The van der Waals surface area contributed by atoms with Crippen LogP contribution in [0.1, 0.15) is 51.2 Å². The molecule has 112 valence electrons. The molecule has 2 nitrogen and oxygen atoms in total. The zero-order valence-electron chi connectivity index (χ0n) is 13.6. The summed E-state index contributed by atoms with van der Waals surface area (Å²) in [6.45, 7) is 13.7. The van der Waals surface area contributed by atoms with Crippen molar-refractivity contribution >= 4 is 0 Å². The predicted octanol–water partition coefficient (Wildman–Crippen LogP) is 2.74. The molecule has 0 aliphatic carbocycles. The molecule has 1 aromatic carbocycles. The number of rotatable bonds is 5. The predicted molar refractivity (Wildman–Crippen MR) is 84.8 cm³/mol. The van der Waals surface area contributed by atoms with E-state index in [1.54, 1.807) is 4.90 Å². The highest BCUT2D eigenvalue weighted by molar-refractivity contribution is 5.41. The Morgan fingerprint density at radius 2 is 1.85 bits per heavy atom. The monoisotopic (exact) mass is 276 g/mol. The highest BCUT2D eigenvalue weighted by Crippen LogP contribution is 2.32. The Hall–Kier alpha value is -1.02. The van der Waals surface area contributed by atoms with Crippen molar-refractivity contribution in [3.05, 3.63) is 29.3 Å². The average molecular weight is 276 g/mol. The Bertz CT molecular complexity index is 428. The minimum atomic E-state index is 0.140. The van der Waals surface area contributed by atoms with E-state index < -0.39 is 0 Å². The van der Waals surface area contributed by atoms with E-state index in [1.165, 1.54) is 43.6 Å². The quantitative estimate of drug-likeness (QED) is 0.817. The Labute approximate surface area is 124 Å². The van der Waals surface area contributed by atoms with Crippen LogP contribution in [0.3, 0.4) is 0 Å². The largest absolute Gasteiger partial charge is 0.493 e. The zero-order chi connectivity index (χ0) is 14.6. The molecule has 0 atom stereocenters. The van der Waals surface area contributed by atoms with E-state index >= 15 is 0 Å². The maximum Gasteiger partial charge on any atom is 0.123 e.